The van der Waals surface area contributed by atoms with E-state index < -0.39 is 0 Å². The lowest BCUT2D eigenvalue weighted by atomic mass is 9.99. The Morgan fingerprint density at radius 1 is 0.900 bits per heavy atom. The molecule has 0 bridgehead atoms. The molecule has 30 heavy (non-hydrogen) atoms. The van der Waals surface area contributed by atoms with Gasteiger partial charge in [0.05, 0.1) is 11.3 Å². The number of likely N-dealkylation sites (N-methyl/N-ethyl adjacent to an activating group) is 1. The smallest absolute Gasteiger partial charge is 0.282 e. The Labute approximate surface area is 178 Å². The van der Waals surface area contributed by atoms with Gasteiger partial charge in [0.2, 0.25) is 0 Å². The van der Waals surface area contributed by atoms with Crippen molar-refractivity contribution in [3.8, 4) is 0 Å². The SMILES string of the molecule is Cc1ccc(C2=C(N(C)C3CCN(C)CC3)C(=O)N(c3cccc(C)c3)C2=O)cc1. The van der Waals surface area contributed by atoms with Gasteiger partial charge in [0, 0.05) is 13.1 Å². The highest BCUT2D eigenvalue weighted by atomic mass is 16.2. The number of hydrogen-bond acceptors (Lipinski definition) is 4. The van der Waals surface area contributed by atoms with E-state index in [1.165, 1.54) is 4.90 Å². The Kier molecular flexibility index (Phi) is 5.48. The van der Waals surface area contributed by atoms with Gasteiger partial charge in [0.1, 0.15) is 5.70 Å². The van der Waals surface area contributed by atoms with E-state index in [1.54, 1.807) is 0 Å². The number of aryl methyl sites for hydroxylation is 2. The number of imide groups is 1. The first-order valence-corrected chi connectivity index (χ1v) is 10.5. The molecular formula is C25H29N3O2. The van der Waals surface area contributed by atoms with Gasteiger partial charge < -0.3 is 9.80 Å². The number of carbonyl (C=O) groups is 2. The van der Waals surface area contributed by atoms with Gasteiger partial charge in [-0.15, -0.1) is 0 Å². The highest BCUT2D eigenvalue weighted by Crippen LogP contribution is 2.36. The molecule has 2 aliphatic heterocycles. The van der Waals surface area contributed by atoms with Gasteiger partial charge in [0.15, 0.2) is 0 Å². The molecular weight excluding hydrogens is 374 g/mol. The minimum absolute atomic E-state index is 0.234. The number of hydrogen-bond donors (Lipinski definition) is 0. The van der Waals surface area contributed by atoms with Crippen molar-refractivity contribution in [1.29, 1.82) is 0 Å². The lowest BCUT2D eigenvalue weighted by Gasteiger charge is -2.36. The normalized spacial score (nSPS) is 18.5. The first-order chi connectivity index (χ1) is 14.4. The van der Waals surface area contributed by atoms with Crippen molar-refractivity contribution < 1.29 is 9.59 Å². The van der Waals surface area contributed by atoms with Crippen LogP contribution in [0.1, 0.15) is 29.5 Å². The van der Waals surface area contributed by atoms with Crippen LogP contribution in [-0.2, 0) is 9.59 Å². The summed E-state index contributed by atoms with van der Waals surface area (Å²) >= 11 is 0. The number of rotatable bonds is 4. The van der Waals surface area contributed by atoms with Gasteiger partial charge in [-0.25, -0.2) is 4.90 Å². The molecule has 2 amide bonds. The molecule has 0 saturated carbocycles. The zero-order valence-electron chi connectivity index (χ0n) is 18.2. The molecule has 0 spiro atoms. The second kappa shape index (κ2) is 8.07. The zero-order chi connectivity index (χ0) is 21.4. The Balaban J connectivity index is 1.79. The van der Waals surface area contributed by atoms with E-state index >= 15 is 0 Å². The fourth-order valence-electron chi connectivity index (χ4n) is 4.39. The number of carbonyl (C=O) groups excluding carboxylic acids is 2. The fraction of sp³-hybridized carbons (Fsp3) is 0.360. The number of anilines is 1. The molecule has 156 valence electrons. The number of piperidine rings is 1. The van der Waals surface area contributed by atoms with Crippen molar-refractivity contribution >= 4 is 23.1 Å². The molecule has 2 aliphatic rings. The van der Waals surface area contributed by atoms with Crippen molar-refractivity contribution in [2.75, 3.05) is 32.1 Å². The molecule has 0 aliphatic carbocycles. The maximum absolute atomic E-state index is 13.6. The molecule has 2 aromatic rings. The number of nitrogens with zero attached hydrogens (tertiary/aromatic N) is 3. The van der Waals surface area contributed by atoms with Crippen molar-refractivity contribution in [2.45, 2.75) is 32.7 Å². The van der Waals surface area contributed by atoms with Crippen LogP contribution in [0.15, 0.2) is 54.2 Å². The van der Waals surface area contributed by atoms with Crippen LogP contribution in [0.5, 0.6) is 0 Å². The number of likely N-dealkylation sites (tertiary alicyclic amines) is 1. The van der Waals surface area contributed by atoms with Crippen LogP contribution in [0, 0.1) is 13.8 Å². The van der Waals surface area contributed by atoms with Crippen LogP contribution in [-0.4, -0.2) is 54.8 Å². The van der Waals surface area contributed by atoms with Gasteiger partial charge in [-0.2, -0.15) is 0 Å². The van der Waals surface area contributed by atoms with E-state index in [4.69, 9.17) is 0 Å². The lowest BCUT2D eigenvalue weighted by Crippen LogP contribution is -2.43. The Hall–Kier alpha value is -2.92. The predicted molar refractivity (Wildman–Crippen MR) is 120 cm³/mol. The van der Waals surface area contributed by atoms with E-state index in [0.29, 0.717) is 17.0 Å². The summed E-state index contributed by atoms with van der Waals surface area (Å²) in [7, 11) is 4.08. The molecule has 5 heteroatoms. The fourth-order valence-corrected chi connectivity index (χ4v) is 4.39. The third-order valence-corrected chi connectivity index (χ3v) is 6.25. The molecule has 1 saturated heterocycles. The minimum atomic E-state index is -0.246. The van der Waals surface area contributed by atoms with Crippen LogP contribution in [0.25, 0.3) is 5.57 Å². The first kappa shape index (κ1) is 20.4. The summed E-state index contributed by atoms with van der Waals surface area (Å²) in [6, 6.07) is 15.7. The molecule has 0 N–H and O–H groups in total. The van der Waals surface area contributed by atoms with Gasteiger partial charge >= 0.3 is 0 Å². The zero-order valence-corrected chi connectivity index (χ0v) is 18.2. The summed E-state index contributed by atoms with van der Waals surface area (Å²) in [6.45, 7) is 5.97. The van der Waals surface area contributed by atoms with E-state index in [1.807, 2.05) is 69.4 Å². The van der Waals surface area contributed by atoms with Gasteiger partial charge in [-0.1, -0.05) is 42.0 Å². The maximum atomic E-state index is 13.6. The van der Waals surface area contributed by atoms with Crippen molar-refractivity contribution in [2.24, 2.45) is 0 Å². The monoisotopic (exact) mass is 403 g/mol. The van der Waals surface area contributed by atoms with E-state index in [0.717, 1.165) is 42.6 Å². The quantitative estimate of drug-likeness (QED) is 0.732. The van der Waals surface area contributed by atoms with Gasteiger partial charge in [-0.05, 0) is 70.1 Å². The second-order valence-electron chi connectivity index (χ2n) is 8.52. The summed E-state index contributed by atoms with van der Waals surface area (Å²) < 4.78 is 0. The first-order valence-electron chi connectivity index (χ1n) is 10.5. The summed E-state index contributed by atoms with van der Waals surface area (Å²) in [5, 5.41) is 0. The number of benzene rings is 2. The third-order valence-electron chi connectivity index (χ3n) is 6.25. The average molecular weight is 404 g/mol. The molecule has 2 aromatic carbocycles. The molecule has 0 radical (unpaired) electrons. The average Bonchev–Trinajstić information content (AvgIpc) is 2.99. The topological polar surface area (TPSA) is 43.9 Å². The number of amides is 2. The van der Waals surface area contributed by atoms with Crippen molar-refractivity contribution in [3.63, 3.8) is 0 Å². The van der Waals surface area contributed by atoms with Crippen molar-refractivity contribution in [3.05, 3.63) is 70.9 Å². The lowest BCUT2D eigenvalue weighted by molar-refractivity contribution is -0.120. The third kappa shape index (κ3) is 3.65. The van der Waals surface area contributed by atoms with E-state index in [-0.39, 0.29) is 17.9 Å². The Bertz CT molecular complexity index is 1000. The highest BCUT2D eigenvalue weighted by molar-refractivity contribution is 6.45. The van der Waals surface area contributed by atoms with Gasteiger partial charge in [0.25, 0.3) is 11.8 Å². The minimum Gasteiger partial charge on any atom is -0.366 e. The van der Waals surface area contributed by atoms with E-state index in [9.17, 15) is 9.59 Å². The van der Waals surface area contributed by atoms with Crippen LogP contribution >= 0.6 is 0 Å². The summed E-state index contributed by atoms with van der Waals surface area (Å²) in [5.41, 5.74) is 4.58. The summed E-state index contributed by atoms with van der Waals surface area (Å²) in [4.78, 5) is 32.9. The predicted octanol–water partition coefficient (Wildman–Crippen LogP) is 3.61. The second-order valence-corrected chi connectivity index (χ2v) is 8.52. The van der Waals surface area contributed by atoms with Crippen LogP contribution in [0.4, 0.5) is 5.69 Å². The summed E-state index contributed by atoms with van der Waals surface area (Å²) in [6.07, 6.45) is 1.95. The standard InChI is InChI=1S/C25H29N3O2/c1-17-8-10-19(11-9-17)22-23(27(4)20-12-14-26(3)15-13-20)25(30)28(24(22)29)21-7-5-6-18(2)16-21/h5-11,16,20H,12-15H2,1-4H3. The Morgan fingerprint density at radius 3 is 2.20 bits per heavy atom. The molecule has 1 fully saturated rings. The van der Waals surface area contributed by atoms with Gasteiger partial charge in [-0.3, -0.25) is 9.59 Å². The molecule has 0 unspecified atom stereocenters. The Morgan fingerprint density at radius 2 is 1.57 bits per heavy atom. The summed E-state index contributed by atoms with van der Waals surface area (Å²) in [5.74, 6) is -0.480. The van der Waals surface area contributed by atoms with Crippen molar-refractivity contribution in [1.82, 2.24) is 9.80 Å². The van der Waals surface area contributed by atoms with Crippen LogP contribution < -0.4 is 4.90 Å². The highest BCUT2D eigenvalue weighted by Gasteiger charge is 2.43. The van der Waals surface area contributed by atoms with Crippen LogP contribution in [0.3, 0.4) is 0 Å². The molecule has 2 heterocycles. The maximum Gasteiger partial charge on any atom is 0.282 e. The molecule has 0 atom stereocenters. The van der Waals surface area contributed by atoms with Crippen LogP contribution in [0.2, 0.25) is 0 Å². The molecule has 4 rings (SSSR count). The largest absolute Gasteiger partial charge is 0.366 e. The van der Waals surface area contributed by atoms with E-state index in [2.05, 4.69) is 16.8 Å². The molecule has 0 aromatic heterocycles. The molecule has 5 nitrogen and oxygen atoms in total.